The highest BCUT2D eigenvalue weighted by atomic mass is 35.5. The second-order valence-corrected chi connectivity index (χ2v) is 8.77. The van der Waals surface area contributed by atoms with Gasteiger partial charge in [0.15, 0.2) is 0 Å². The van der Waals surface area contributed by atoms with Crippen molar-refractivity contribution in [3.63, 3.8) is 0 Å². The van der Waals surface area contributed by atoms with Gasteiger partial charge in [-0.25, -0.2) is 4.39 Å². The van der Waals surface area contributed by atoms with E-state index in [1.54, 1.807) is 37.3 Å². The molecule has 1 heterocycles. The van der Waals surface area contributed by atoms with Gasteiger partial charge in [-0.2, -0.15) is 0 Å². The largest absolute Gasteiger partial charge is 0.495 e. The van der Waals surface area contributed by atoms with Crippen LogP contribution >= 0.6 is 23.4 Å². The Kier molecular flexibility index (Phi) is 6.58. The van der Waals surface area contributed by atoms with Gasteiger partial charge in [0.2, 0.25) is 5.91 Å². The topological polar surface area (TPSA) is 64.1 Å². The molecule has 4 rings (SSSR count). The molecule has 0 saturated heterocycles. The average Bonchev–Trinajstić information content (AvgIpc) is 2.80. The fourth-order valence-electron chi connectivity index (χ4n) is 3.22. The van der Waals surface area contributed by atoms with E-state index in [0.29, 0.717) is 27.2 Å². The van der Waals surface area contributed by atoms with Crippen LogP contribution in [0.2, 0.25) is 5.02 Å². The molecule has 0 aliphatic carbocycles. The molecule has 0 spiro atoms. The van der Waals surface area contributed by atoms with Crippen LogP contribution in [0.25, 0.3) is 22.0 Å². The summed E-state index contributed by atoms with van der Waals surface area (Å²) in [5, 5.41) is 14.0. The number of amides is 1. The van der Waals surface area contributed by atoms with E-state index in [-0.39, 0.29) is 11.7 Å². The Hall–Kier alpha value is -3.16. The molecule has 0 aliphatic rings. The van der Waals surface area contributed by atoms with Crippen LogP contribution in [0.4, 0.5) is 10.1 Å². The van der Waals surface area contributed by atoms with Crippen LogP contribution < -0.4 is 10.1 Å². The summed E-state index contributed by atoms with van der Waals surface area (Å²) in [4.78, 5) is 12.8. The summed E-state index contributed by atoms with van der Waals surface area (Å²) >= 11 is 7.36. The van der Waals surface area contributed by atoms with Gasteiger partial charge in [-0.15, -0.1) is 10.2 Å². The third kappa shape index (κ3) is 4.69. The normalized spacial score (nSPS) is 11.9. The molecule has 5 nitrogen and oxygen atoms in total. The molecular weight excluding hydrogens is 449 g/mol. The number of thioether (sulfide) groups is 1. The number of methoxy groups -OCH3 is 1. The summed E-state index contributed by atoms with van der Waals surface area (Å²) in [6, 6.07) is 18.9. The summed E-state index contributed by atoms with van der Waals surface area (Å²) in [7, 11) is 1.53. The first-order chi connectivity index (χ1) is 15.5. The minimum Gasteiger partial charge on any atom is -0.495 e. The molecule has 1 N–H and O–H groups in total. The third-order valence-electron chi connectivity index (χ3n) is 4.85. The molecule has 0 aliphatic heterocycles. The highest BCUT2D eigenvalue weighted by Crippen LogP contribution is 2.34. The van der Waals surface area contributed by atoms with Crippen LogP contribution in [-0.2, 0) is 4.79 Å². The zero-order chi connectivity index (χ0) is 22.7. The van der Waals surface area contributed by atoms with Gasteiger partial charge >= 0.3 is 0 Å². The molecular formula is C24H19ClFN3O2S. The molecule has 0 bridgehead atoms. The minimum atomic E-state index is -0.465. The lowest BCUT2D eigenvalue weighted by atomic mass is 10.1. The number of nitrogens with zero attached hydrogens (tertiary/aromatic N) is 2. The number of carbonyl (C=O) groups excluding carboxylic acids is 1. The first kappa shape index (κ1) is 22.0. The van der Waals surface area contributed by atoms with Gasteiger partial charge in [-0.1, -0.05) is 47.6 Å². The van der Waals surface area contributed by atoms with Crippen LogP contribution in [0.5, 0.6) is 5.75 Å². The molecule has 162 valence electrons. The number of rotatable bonds is 6. The second kappa shape index (κ2) is 9.54. The van der Waals surface area contributed by atoms with Crippen LogP contribution in [0, 0.1) is 5.82 Å². The smallest absolute Gasteiger partial charge is 0.237 e. The highest BCUT2D eigenvalue weighted by Gasteiger charge is 2.20. The number of hydrogen-bond acceptors (Lipinski definition) is 5. The van der Waals surface area contributed by atoms with Crippen LogP contribution in [0.15, 0.2) is 71.8 Å². The van der Waals surface area contributed by atoms with E-state index in [0.717, 1.165) is 16.3 Å². The lowest BCUT2D eigenvalue weighted by Crippen LogP contribution is -2.23. The van der Waals surface area contributed by atoms with Crippen LogP contribution in [0.3, 0.4) is 0 Å². The molecule has 1 atom stereocenters. The Bertz CT molecular complexity index is 1280. The van der Waals surface area contributed by atoms with Gasteiger partial charge in [0, 0.05) is 21.4 Å². The van der Waals surface area contributed by atoms with Crippen molar-refractivity contribution in [3.8, 4) is 17.0 Å². The van der Waals surface area contributed by atoms with Gasteiger partial charge in [0.1, 0.15) is 22.3 Å². The first-order valence-corrected chi connectivity index (χ1v) is 11.0. The fraction of sp³-hybridized carbons (Fsp3) is 0.125. The Morgan fingerprint density at radius 1 is 1.06 bits per heavy atom. The molecule has 0 saturated carbocycles. The van der Waals surface area contributed by atoms with Crippen molar-refractivity contribution in [2.75, 3.05) is 12.4 Å². The number of ether oxygens (including phenoxy) is 1. The van der Waals surface area contributed by atoms with Crippen molar-refractivity contribution in [1.29, 1.82) is 0 Å². The number of carbonyl (C=O) groups is 1. The Labute approximate surface area is 194 Å². The van der Waals surface area contributed by atoms with Crippen LogP contribution in [0.1, 0.15) is 6.92 Å². The molecule has 4 aromatic rings. The Morgan fingerprint density at radius 3 is 2.50 bits per heavy atom. The number of halogens is 2. The lowest BCUT2D eigenvalue weighted by Gasteiger charge is -2.15. The van der Waals surface area contributed by atoms with Gasteiger partial charge < -0.3 is 10.1 Å². The van der Waals surface area contributed by atoms with Crippen LogP contribution in [-0.4, -0.2) is 28.5 Å². The molecule has 1 aromatic heterocycles. The van der Waals surface area contributed by atoms with E-state index in [9.17, 15) is 9.18 Å². The number of anilines is 1. The molecule has 32 heavy (non-hydrogen) atoms. The number of hydrogen-bond donors (Lipinski definition) is 1. The lowest BCUT2D eigenvalue weighted by molar-refractivity contribution is -0.115. The standard InChI is InChI=1S/C24H19ClFN3O2S/c1-14(23(30)27-20-13-16(25)9-12-21(20)31-2)32-24-19-6-4-3-5-18(19)22(28-29-24)15-7-10-17(26)11-8-15/h3-14H,1-2H3,(H,27,30). The zero-order valence-corrected chi connectivity index (χ0v) is 18.9. The maximum Gasteiger partial charge on any atom is 0.237 e. The maximum atomic E-state index is 13.3. The summed E-state index contributed by atoms with van der Waals surface area (Å²) in [5.41, 5.74) is 1.93. The molecule has 1 unspecified atom stereocenters. The van der Waals surface area contributed by atoms with E-state index in [4.69, 9.17) is 16.3 Å². The van der Waals surface area contributed by atoms with E-state index in [2.05, 4.69) is 15.5 Å². The van der Waals surface area contributed by atoms with Crippen molar-refractivity contribution in [2.24, 2.45) is 0 Å². The number of fused-ring (bicyclic) bond motifs is 1. The molecule has 1 amide bonds. The van der Waals surface area contributed by atoms with E-state index < -0.39 is 5.25 Å². The monoisotopic (exact) mass is 467 g/mol. The highest BCUT2D eigenvalue weighted by molar-refractivity contribution is 8.00. The van der Waals surface area contributed by atoms with Gasteiger partial charge in [0.25, 0.3) is 0 Å². The van der Waals surface area contributed by atoms with E-state index in [1.807, 2.05) is 24.3 Å². The number of aromatic nitrogens is 2. The summed E-state index contributed by atoms with van der Waals surface area (Å²) in [6.45, 7) is 1.79. The average molecular weight is 468 g/mol. The Morgan fingerprint density at radius 2 is 1.78 bits per heavy atom. The SMILES string of the molecule is COc1ccc(Cl)cc1NC(=O)C(C)Sc1nnc(-c2ccc(F)cc2)c2ccccc12. The van der Waals surface area contributed by atoms with E-state index in [1.165, 1.54) is 31.0 Å². The van der Waals surface area contributed by atoms with Gasteiger partial charge in [-0.3, -0.25) is 4.79 Å². The van der Waals surface area contributed by atoms with Gasteiger partial charge in [0.05, 0.1) is 18.0 Å². The predicted molar refractivity (Wildman–Crippen MR) is 127 cm³/mol. The molecule has 0 fully saturated rings. The third-order valence-corrected chi connectivity index (χ3v) is 6.18. The number of nitrogens with one attached hydrogen (secondary N) is 1. The number of benzene rings is 3. The first-order valence-electron chi connectivity index (χ1n) is 9.78. The quantitative estimate of drug-likeness (QED) is 0.341. The predicted octanol–water partition coefficient (Wildman–Crippen LogP) is 6.22. The van der Waals surface area contributed by atoms with Crippen molar-refractivity contribution in [1.82, 2.24) is 10.2 Å². The summed E-state index contributed by atoms with van der Waals surface area (Å²) < 4.78 is 18.6. The summed E-state index contributed by atoms with van der Waals surface area (Å²) in [5.74, 6) is -0.00716. The van der Waals surface area contributed by atoms with Crippen molar-refractivity contribution in [3.05, 3.63) is 77.6 Å². The van der Waals surface area contributed by atoms with Crippen molar-refractivity contribution in [2.45, 2.75) is 17.2 Å². The van der Waals surface area contributed by atoms with Crippen molar-refractivity contribution >= 4 is 45.7 Å². The molecule has 8 heteroatoms. The summed E-state index contributed by atoms with van der Waals surface area (Å²) in [6.07, 6.45) is 0. The minimum absolute atomic E-state index is 0.218. The Balaban J connectivity index is 1.60. The zero-order valence-electron chi connectivity index (χ0n) is 17.3. The van der Waals surface area contributed by atoms with Crippen molar-refractivity contribution < 1.29 is 13.9 Å². The fourth-order valence-corrected chi connectivity index (χ4v) is 4.29. The molecule has 3 aromatic carbocycles. The molecule has 0 radical (unpaired) electrons. The van der Waals surface area contributed by atoms with Gasteiger partial charge in [-0.05, 0) is 49.4 Å². The van der Waals surface area contributed by atoms with E-state index >= 15 is 0 Å². The second-order valence-electron chi connectivity index (χ2n) is 7.00. The maximum absolute atomic E-state index is 13.3.